The van der Waals surface area contributed by atoms with E-state index in [4.69, 9.17) is 5.26 Å². The minimum Gasteiger partial charge on any atom is -0.361 e. The van der Waals surface area contributed by atoms with E-state index in [1.807, 2.05) is 17.5 Å². The molecule has 0 spiro atoms. The Bertz CT molecular complexity index is 593. The maximum atomic E-state index is 8.62. The molecule has 1 N–H and O–H groups in total. The van der Waals surface area contributed by atoms with Crippen LogP contribution < -0.4 is 5.32 Å². The maximum Gasteiger partial charge on any atom is 0.183 e. The van der Waals surface area contributed by atoms with Crippen molar-refractivity contribution in [2.45, 2.75) is 19.3 Å². The van der Waals surface area contributed by atoms with Gasteiger partial charge in [0.05, 0.1) is 18.2 Å². The molecule has 0 aromatic carbocycles. The van der Waals surface area contributed by atoms with Gasteiger partial charge in [-0.3, -0.25) is 4.98 Å². The minimum absolute atomic E-state index is 0.401. The summed E-state index contributed by atoms with van der Waals surface area (Å²) in [5.74, 6) is 0.843. The fourth-order valence-electron chi connectivity index (χ4n) is 1.80. The van der Waals surface area contributed by atoms with Gasteiger partial charge < -0.3 is 5.32 Å². The van der Waals surface area contributed by atoms with E-state index in [9.17, 15) is 0 Å². The van der Waals surface area contributed by atoms with Crippen LogP contribution in [0.1, 0.15) is 18.4 Å². The Morgan fingerprint density at radius 2 is 2.26 bits per heavy atom. The van der Waals surface area contributed by atoms with Crippen LogP contribution in [0.2, 0.25) is 0 Å². The first-order valence-electron chi connectivity index (χ1n) is 6.37. The summed E-state index contributed by atoms with van der Waals surface area (Å²) < 4.78 is 0. The molecule has 3 rings (SSSR count). The zero-order valence-corrected chi connectivity index (χ0v) is 11.3. The van der Waals surface area contributed by atoms with Gasteiger partial charge in [-0.05, 0) is 30.4 Å². The fraction of sp³-hybridized carbons (Fsp3) is 0.357. The standard InChI is InChI=1S/C14H14N4S/c15-6-5-11-3-4-12(16-7-11)13-9-19-14(18-13)17-8-10-1-2-10/h3-4,7,9-10H,1-2,5,8H2,(H,17,18). The molecule has 0 atom stereocenters. The highest BCUT2D eigenvalue weighted by atomic mass is 32.1. The highest BCUT2D eigenvalue weighted by Crippen LogP contribution is 2.30. The smallest absolute Gasteiger partial charge is 0.183 e. The first-order valence-corrected chi connectivity index (χ1v) is 7.25. The summed E-state index contributed by atoms with van der Waals surface area (Å²) in [7, 11) is 0. The Labute approximate surface area is 116 Å². The highest BCUT2D eigenvalue weighted by molar-refractivity contribution is 7.14. The molecule has 19 heavy (non-hydrogen) atoms. The number of rotatable bonds is 5. The van der Waals surface area contributed by atoms with E-state index in [0.29, 0.717) is 6.42 Å². The molecule has 0 aliphatic heterocycles. The predicted octanol–water partition coefficient (Wildman–Crippen LogP) is 3.09. The lowest BCUT2D eigenvalue weighted by molar-refractivity contribution is 0.887. The quantitative estimate of drug-likeness (QED) is 0.907. The normalized spacial score (nSPS) is 14.1. The SMILES string of the molecule is N#CCc1ccc(-c2csc(NCC3CC3)n2)nc1. The topological polar surface area (TPSA) is 61.6 Å². The summed E-state index contributed by atoms with van der Waals surface area (Å²) in [6.07, 6.45) is 4.83. The van der Waals surface area contributed by atoms with Crippen LogP contribution in [0.15, 0.2) is 23.7 Å². The Morgan fingerprint density at radius 1 is 1.37 bits per heavy atom. The molecule has 96 valence electrons. The lowest BCUT2D eigenvalue weighted by Gasteiger charge is -1.99. The van der Waals surface area contributed by atoms with Crippen LogP contribution >= 0.6 is 11.3 Å². The van der Waals surface area contributed by atoms with Gasteiger partial charge in [-0.25, -0.2) is 4.98 Å². The maximum absolute atomic E-state index is 8.62. The van der Waals surface area contributed by atoms with Gasteiger partial charge in [0.25, 0.3) is 0 Å². The lowest BCUT2D eigenvalue weighted by Crippen LogP contribution is -2.02. The number of hydrogen-bond acceptors (Lipinski definition) is 5. The monoisotopic (exact) mass is 270 g/mol. The highest BCUT2D eigenvalue weighted by Gasteiger charge is 2.21. The van der Waals surface area contributed by atoms with Gasteiger partial charge in [0.15, 0.2) is 5.13 Å². The van der Waals surface area contributed by atoms with Crippen molar-refractivity contribution in [2.75, 3.05) is 11.9 Å². The number of nitriles is 1. The van der Waals surface area contributed by atoms with E-state index in [1.165, 1.54) is 12.8 Å². The van der Waals surface area contributed by atoms with E-state index in [-0.39, 0.29) is 0 Å². The van der Waals surface area contributed by atoms with Gasteiger partial charge in [0.1, 0.15) is 5.69 Å². The summed E-state index contributed by atoms with van der Waals surface area (Å²) in [6.45, 7) is 1.03. The van der Waals surface area contributed by atoms with Crippen molar-refractivity contribution < 1.29 is 0 Å². The second-order valence-electron chi connectivity index (χ2n) is 4.75. The van der Waals surface area contributed by atoms with Crippen molar-refractivity contribution >= 4 is 16.5 Å². The number of nitrogens with one attached hydrogen (secondary N) is 1. The molecule has 2 heterocycles. The molecule has 1 fully saturated rings. The average molecular weight is 270 g/mol. The van der Waals surface area contributed by atoms with Crippen LogP contribution in [0.4, 0.5) is 5.13 Å². The molecule has 1 saturated carbocycles. The third-order valence-electron chi connectivity index (χ3n) is 3.11. The van der Waals surface area contributed by atoms with Crippen molar-refractivity contribution in [3.63, 3.8) is 0 Å². The van der Waals surface area contributed by atoms with E-state index < -0.39 is 0 Å². The van der Waals surface area contributed by atoms with Crippen molar-refractivity contribution in [3.8, 4) is 17.5 Å². The molecule has 0 unspecified atom stereocenters. The van der Waals surface area contributed by atoms with Gasteiger partial charge in [-0.15, -0.1) is 11.3 Å². The van der Waals surface area contributed by atoms with E-state index in [1.54, 1.807) is 17.5 Å². The largest absolute Gasteiger partial charge is 0.361 e. The van der Waals surface area contributed by atoms with Gasteiger partial charge in [0, 0.05) is 18.1 Å². The van der Waals surface area contributed by atoms with E-state index in [2.05, 4.69) is 21.4 Å². The number of nitrogens with zero attached hydrogens (tertiary/aromatic N) is 3. The molecular formula is C14H14N4S. The molecule has 2 aromatic rings. The number of anilines is 1. The summed E-state index contributed by atoms with van der Waals surface area (Å²) in [4.78, 5) is 8.89. The fourth-order valence-corrected chi connectivity index (χ4v) is 2.51. The molecule has 0 saturated heterocycles. The number of aromatic nitrogens is 2. The Morgan fingerprint density at radius 3 is 2.95 bits per heavy atom. The van der Waals surface area contributed by atoms with Crippen LogP contribution in [0.25, 0.3) is 11.4 Å². The summed E-state index contributed by atoms with van der Waals surface area (Å²) >= 11 is 1.61. The van der Waals surface area contributed by atoms with Crippen molar-refractivity contribution in [2.24, 2.45) is 5.92 Å². The zero-order chi connectivity index (χ0) is 13.1. The van der Waals surface area contributed by atoms with Crippen LogP contribution in [0.3, 0.4) is 0 Å². The number of hydrogen-bond donors (Lipinski definition) is 1. The number of pyridine rings is 1. The van der Waals surface area contributed by atoms with Crippen LogP contribution in [-0.4, -0.2) is 16.5 Å². The van der Waals surface area contributed by atoms with Gasteiger partial charge in [0.2, 0.25) is 0 Å². The lowest BCUT2D eigenvalue weighted by atomic mass is 10.2. The third-order valence-corrected chi connectivity index (χ3v) is 3.91. The molecule has 0 amide bonds. The van der Waals surface area contributed by atoms with Gasteiger partial charge in [-0.2, -0.15) is 5.26 Å². The molecule has 1 aliphatic carbocycles. The minimum atomic E-state index is 0.401. The van der Waals surface area contributed by atoms with Crippen molar-refractivity contribution in [3.05, 3.63) is 29.3 Å². The third kappa shape index (κ3) is 3.09. The van der Waals surface area contributed by atoms with Gasteiger partial charge in [-0.1, -0.05) is 6.07 Å². The van der Waals surface area contributed by atoms with Crippen LogP contribution in [0.5, 0.6) is 0 Å². The summed E-state index contributed by atoms with van der Waals surface area (Å²) in [5, 5.41) is 15.0. The Kier molecular flexibility index (Phi) is 3.43. The molecule has 1 aliphatic rings. The predicted molar refractivity (Wildman–Crippen MR) is 75.9 cm³/mol. The number of thiazole rings is 1. The van der Waals surface area contributed by atoms with E-state index >= 15 is 0 Å². The molecule has 0 bridgehead atoms. The second-order valence-corrected chi connectivity index (χ2v) is 5.61. The first kappa shape index (κ1) is 12.1. The molecule has 5 heteroatoms. The van der Waals surface area contributed by atoms with Gasteiger partial charge >= 0.3 is 0 Å². The van der Waals surface area contributed by atoms with Crippen molar-refractivity contribution in [1.29, 1.82) is 5.26 Å². The molecule has 4 nitrogen and oxygen atoms in total. The Balaban J connectivity index is 1.68. The zero-order valence-electron chi connectivity index (χ0n) is 10.5. The summed E-state index contributed by atoms with van der Waals surface area (Å²) in [6, 6.07) is 5.97. The van der Waals surface area contributed by atoms with Crippen LogP contribution in [-0.2, 0) is 6.42 Å². The molecular weight excluding hydrogens is 256 g/mol. The Hall–Kier alpha value is -1.93. The summed E-state index contributed by atoms with van der Waals surface area (Å²) in [5.41, 5.74) is 2.69. The average Bonchev–Trinajstić information content (AvgIpc) is 3.15. The first-order chi connectivity index (χ1) is 9.35. The van der Waals surface area contributed by atoms with Crippen LogP contribution in [0, 0.1) is 17.2 Å². The van der Waals surface area contributed by atoms with Crippen molar-refractivity contribution in [1.82, 2.24) is 9.97 Å². The second kappa shape index (κ2) is 5.37. The van der Waals surface area contributed by atoms with E-state index in [0.717, 1.165) is 34.5 Å². The molecule has 0 radical (unpaired) electrons. The molecule has 2 aromatic heterocycles.